The molecule has 0 radical (unpaired) electrons. The minimum atomic E-state index is -3.31. The Labute approximate surface area is 134 Å². The van der Waals surface area contributed by atoms with Crippen molar-refractivity contribution < 1.29 is 8.42 Å². The van der Waals surface area contributed by atoms with Gasteiger partial charge in [0.25, 0.3) is 0 Å². The van der Waals surface area contributed by atoms with Crippen LogP contribution in [0.15, 0.2) is 55.0 Å². The average molecular weight is 325 g/mol. The largest absolute Gasteiger partial charge is 0.281 e. The normalized spacial score (nSPS) is 14.8. The first-order valence-electron chi connectivity index (χ1n) is 7.45. The molecule has 0 atom stereocenters. The lowest BCUT2D eigenvalue weighted by atomic mass is 10.0. The molecule has 0 saturated heterocycles. The van der Waals surface area contributed by atoms with E-state index in [1.807, 2.05) is 30.3 Å². The maximum atomic E-state index is 12.2. The van der Waals surface area contributed by atoms with E-state index < -0.39 is 10.0 Å². The van der Waals surface area contributed by atoms with Gasteiger partial charge in [-0.3, -0.25) is 14.7 Å². The molecule has 23 heavy (non-hydrogen) atoms. The topological polar surface area (TPSA) is 72.0 Å². The highest BCUT2D eigenvalue weighted by molar-refractivity contribution is 7.93. The van der Waals surface area contributed by atoms with Crippen molar-refractivity contribution in [1.29, 1.82) is 0 Å². The number of nitrogens with zero attached hydrogens (tertiary/aromatic N) is 2. The zero-order valence-corrected chi connectivity index (χ0v) is 13.1. The smallest absolute Gasteiger partial charge is 0.235 e. The van der Waals surface area contributed by atoms with E-state index in [4.69, 9.17) is 0 Å². The maximum absolute atomic E-state index is 12.2. The number of benzene rings is 1. The van der Waals surface area contributed by atoms with Gasteiger partial charge in [-0.25, -0.2) is 8.42 Å². The second-order valence-electron chi connectivity index (χ2n) is 5.64. The Morgan fingerprint density at radius 1 is 1.00 bits per heavy atom. The number of anilines is 1. The zero-order chi connectivity index (χ0) is 15.9. The lowest BCUT2D eigenvalue weighted by Crippen LogP contribution is -2.17. The molecule has 3 aromatic rings. The van der Waals surface area contributed by atoms with Gasteiger partial charge in [-0.2, -0.15) is 0 Å². The van der Waals surface area contributed by atoms with Crippen LogP contribution in [0.5, 0.6) is 0 Å². The number of nitrogens with one attached hydrogen (secondary N) is 1. The minimum absolute atomic E-state index is 0.263. The summed E-state index contributed by atoms with van der Waals surface area (Å²) in [5.41, 5.74) is 3.22. The summed E-state index contributed by atoms with van der Waals surface area (Å²) >= 11 is 0. The van der Waals surface area contributed by atoms with Gasteiger partial charge in [0.1, 0.15) is 0 Å². The number of hydrogen-bond donors (Lipinski definition) is 1. The van der Waals surface area contributed by atoms with Crippen molar-refractivity contribution >= 4 is 26.6 Å². The van der Waals surface area contributed by atoms with E-state index in [2.05, 4.69) is 14.7 Å². The van der Waals surface area contributed by atoms with Crippen LogP contribution in [0.3, 0.4) is 0 Å². The molecule has 1 saturated carbocycles. The Hall–Kier alpha value is -2.47. The number of rotatable bonds is 4. The molecule has 0 amide bonds. The van der Waals surface area contributed by atoms with E-state index in [9.17, 15) is 8.42 Å². The number of hydrogen-bond acceptors (Lipinski definition) is 4. The van der Waals surface area contributed by atoms with Crippen LogP contribution in [-0.2, 0) is 10.0 Å². The summed E-state index contributed by atoms with van der Waals surface area (Å²) in [4.78, 5) is 8.42. The van der Waals surface area contributed by atoms with Gasteiger partial charge < -0.3 is 0 Å². The first kappa shape index (κ1) is 14.1. The molecule has 0 unspecified atom stereocenters. The van der Waals surface area contributed by atoms with Gasteiger partial charge in [-0.05, 0) is 48.2 Å². The highest BCUT2D eigenvalue weighted by Gasteiger charge is 2.36. The molecular weight excluding hydrogens is 310 g/mol. The Bertz CT molecular complexity index is 968. The molecule has 1 aliphatic carbocycles. The Kier molecular flexibility index (Phi) is 3.27. The maximum Gasteiger partial charge on any atom is 0.235 e. The second-order valence-corrected chi connectivity index (χ2v) is 7.60. The third-order valence-corrected chi connectivity index (χ3v) is 5.83. The first-order chi connectivity index (χ1) is 11.1. The van der Waals surface area contributed by atoms with E-state index in [-0.39, 0.29) is 5.25 Å². The molecule has 1 aromatic carbocycles. The van der Waals surface area contributed by atoms with Crippen LogP contribution in [0.2, 0.25) is 0 Å². The summed E-state index contributed by atoms with van der Waals surface area (Å²) in [6.07, 6.45) is 6.61. The van der Waals surface area contributed by atoms with Gasteiger partial charge in [-0.15, -0.1) is 0 Å². The number of aromatic nitrogens is 2. The summed E-state index contributed by atoms with van der Waals surface area (Å²) in [5.74, 6) is 0. The standard InChI is InChI=1S/C17H15N3O2S/c21-23(22,13-3-4-13)20-16-6-5-14(12-7-10-18-11-8-12)15-2-1-9-19-17(15)16/h1-2,5-11,13,20H,3-4H2. The second kappa shape index (κ2) is 5.31. The van der Waals surface area contributed by atoms with Gasteiger partial charge in [-0.1, -0.05) is 12.1 Å². The summed E-state index contributed by atoms with van der Waals surface area (Å²) in [6.45, 7) is 0. The number of pyridine rings is 2. The van der Waals surface area contributed by atoms with E-state index in [0.29, 0.717) is 11.2 Å². The van der Waals surface area contributed by atoms with E-state index >= 15 is 0 Å². The Morgan fingerprint density at radius 2 is 1.78 bits per heavy atom. The van der Waals surface area contributed by atoms with Gasteiger partial charge in [0.05, 0.1) is 16.5 Å². The molecule has 6 heteroatoms. The van der Waals surface area contributed by atoms with Crippen LogP contribution >= 0.6 is 0 Å². The van der Waals surface area contributed by atoms with E-state index in [0.717, 1.165) is 29.4 Å². The molecule has 0 aliphatic heterocycles. The Morgan fingerprint density at radius 3 is 2.52 bits per heavy atom. The molecule has 0 bridgehead atoms. The fraction of sp³-hybridized carbons (Fsp3) is 0.176. The fourth-order valence-corrected chi connectivity index (χ4v) is 4.05. The van der Waals surface area contributed by atoms with Gasteiger partial charge in [0.15, 0.2) is 0 Å². The number of sulfonamides is 1. The molecule has 5 nitrogen and oxygen atoms in total. The van der Waals surface area contributed by atoms with Crippen molar-refractivity contribution in [2.75, 3.05) is 4.72 Å². The quantitative estimate of drug-likeness (QED) is 0.799. The monoisotopic (exact) mass is 325 g/mol. The molecule has 2 heterocycles. The molecule has 1 N–H and O–H groups in total. The van der Waals surface area contributed by atoms with Gasteiger partial charge >= 0.3 is 0 Å². The van der Waals surface area contributed by atoms with E-state index in [1.54, 1.807) is 24.7 Å². The third-order valence-electron chi connectivity index (χ3n) is 3.98. The lowest BCUT2D eigenvalue weighted by Gasteiger charge is -2.12. The van der Waals surface area contributed by atoms with Gasteiger partial charge in [0, 0.05) is 24.0 Å². The van der Waals surface area contributed by atoms with Crippen LogP contribution < -0.4 is 4.72 Å². The summed E-state index contributed by atoms with van der Waals surface area (Å²) in [5, 5.41) is 0.649. The molecule has 1 aliphatic rings. The van der Waals surface area contributed by atoms with Crippen LogP contribution in [-0.4, -0.2) is 23.6 Å². The zero-order valence-electron chi connectivity index (χ0n) is 12.3. The van der Waals surface area contributed by atoms with Crippen LogP contribution in [0.25, 0.3) is 22.0 Å². The SMILES string of the molecule is O=S(=O)(Nc1ccc(-c2ccncc2)c2cccnc12)C1CC1. The van der Waals surface area contributed by atoms with Crippen molar-refractivity contribution in [2.24, 2.45) is 0 Å². The van der Waals surface area contributed by atoms with Crippen LogP contribution in [0, 0.1) is 0 Å². The van der Waals surface area contributed by atoms with Crippen molar-refractivity contribution in [1.82, 2.24) is 9.97 Å². The molecular formula is C17H15N3O2S. The molecule has 0 spiro atoms. The average Bonchev–Trinajstić information content (AvgIpc) is 3.41. The molecule has 1 fully saturated rings. The first-order valence-corrected chi connectivity index (χ1v) is 8.99. The van der Waals surface area contributed by atoms with E-state index in [1.165, 1.54) is 0 Å². The summed E-state index contributed by atoms with van der Waals surface area (Å²) < 4.78 is 27.1. The summed E-state index contributed by atoms with van der Waals surface area (Å²) in [6, 6.07) is 11.4. The van der Waals surface area contributed by atoms with Gasteiger partial charge in [0.2, 0.25) is 10.0 Å². The molecule has 2 aromatic heterocycles. The lowest BCUT2D eigenvalue weighted by molar-refractivity contribution is 0.600. The van der Waals surface area contributed by atoms with Crippen molar-refractivity contribution in [3.05, 3.63) is 55.0 Å². The van der Waals surface area contributed by atoms with Crippen LogP contribution in [0.4, 0.5) is 5.69 Å². The van der Waals surface area contributed by atoms with Crippen molar-refractivity contribution in [3.63, 3.8) is 0 Å². The predicted molar refractivity (Wildman–Crippen MR) is 90.5 cm³/mol. The summed E-state index contributed by atoms with van der Waals surface area (Å²) in [7, 11) is -3.31. The third kappa shape index (κ3) is 2.66. The predicted octanol–water partition coefficient (Wildman–Crippen LogP) is 3.20. The highest BCUT2D eigenvalue weighted by Crippen LogP contribution is 2.34. The van der Waals surface area contributed by atoms with Crippen molar-refractivity contribution in [2.45, 2.75) is 18.1 Å². The van der Waals surface area contributed by atoms with Crippen molar-refractivity contribution in [3.8, 4) is 11.1 Å². The Balaban J connectivity index is 1.86. The molecule has 116 valence electrons. The highest BCUT2D eigenvalue weighted by atomic mass is 32.2. The molecule has 4 rings (SSSR count). The van der Waals surface area contributed by atoms with Crippen LogP contribution in [0.1, 0.15) is 12.8 Å². The number of fused-ring (bicyclic) bond motifs is 1. The minimum Gasteiger partial charge on any atom is -0.281 e. The fourth-order valence-electron chi connectivity index (χ4n) is 2.65.